The third-order valence-corrected chi connectivity index (χ3v) is 4.15. The molecular weight excluding hydrogens is 308 g/mol. The average molecular weight is 336 g/mol. The van der Waals surface area contributed by atoms with Gasteiger partial charge < -0.3 is 18.9 Å². The van der Waals surface area contributed by atoms with Gasteiger partial charge in [-0.1, -0.05) is 6.92 Å². The van der Waals surface area contributed by atoms with E-state index >= 15 is 0 Å². The molecule has 0 aromatic heterocycles. The molecule has 134 valence electrons. The van der Waals surface area contributed by atoms with Gasteiger partial charge in [0.15, 0.2) is 0 Å². The first-order valence-corrected chi connectivity index (χ1v) is 7.95. The molecule has 0 heterocycles. The Kier molecular flexibility index (Phi) is 7.14. The van der Waals surface area contributed by atoms with Crippen LogP contribution in [0.5, 0.6) is 17.2 Å². The van der Waals surface area contributed by atoms with E-state index in [4.69, 9.17) is 18.9 Å². The fraction of sp³-hybridized carbons (Fsp3) is 0.526. The summed E-state index contributed by atoms with van der Waals surface area (Å²) in [7, 11) is 4.77. The number of benzene rings is 1. The second-order valence-corrected chi connectivity index (χ2v) is 6.13. The molecule has 0 amide bonds. The Morgan fingerprint density at radius 1 is 1.08 bits per heavy atom. The summed E-state index contributed by atoms with van der Waals surface area (Å²) in [5.41, 5.74) is 1.23. The molecule has 0 saturated heterocycles. The minimum absolute atomic E-state index is 0.201. The Bertz CT molecular complexity index is 577. The maximum atomic E-state index is 12.0. The van der Waals surface area contributed by atoms with Crippen LogP contribution in [0.2, 0.25) is 0 Å². The molecule has 0 aliphatic heterocycles. The predicted molar refractivity (Wildman–Crippen MR) is 94.8 cm³/mol. The van der Waals surface area contributed by atoms with Crippen molar-refractivity contribution in [2.24, 2.45) is 5.41 Å². The van der Waals surface area contributed by atoms with Crippen molar-refractivity contribution in [3.8, 4) is 17.2 Å². The van der Waals surface area contributed by atoms with Gasteiger partial charge in [0.2, 0.25) is 0 Å². The standard InChI is InChI=1S/C19H28O5/c1-8-19(3,4)18(20)24-10-9-13(2)17-15(22-6)11-14(21-5)12-16(17)23-7/h9,11-12H,8,10H2,1-7H3/b13-9+. The quantitative estimate of drug-likeness (QED) is 0.669. The van der Waals surface area contributed by atoms with Crippen molar-refractivity contribution >= 4 is 11.5 Å². The minimum atomic E-state index is -0.475. The highest BCUT2D eigenvalue weighted by Crippen LogP contribution is 2.38. The normalized spacial score (nSPS) is 11.9. The van der Waals surface area contributed by atoms with Gasteiger partial charge in [-0.05, 0) is 38.8 Å². The Labute approximate surface area is 144 Å². The van der Waals surface area contributed by atoms with Crippen LogP contribution in [0.25, 0.3) is 5.57 Å². The number of ether oxygens (including phenoxy) is 4. The average Bonchev–Trinajstić information content (AvgIpc) is 2.59. The van der Waals surface area contributed by atoms with Gasteiger partial charge in [0, 0.05) is 12.1 Å². The summed E-state index contributed by atoms with van der Waals surface area (Å²) in [6.07, 6.45) is 2.57. The van der Waals surface area contributed by atoms with Gasteiger partial charge in [-0.2, -0.15) is 0 Å². The predicted octanol–water partition coefficient (Wildman–Crippen LogP) is 4.10. The molecule has 0 saturated carbocycles. The van der Waals surface area contributed by atoms with Crippen LogP contribution >= 0.6 is 0 Å². The zero-order chi connectivity index (χ0) is 18.3. The number of hydrogen-bond donors (Lipinski definition) is 0. The maximum absolute atomic E-state index is 12.0. The smallest absolute Gasteiger partial charge is 0.311 e. The molecule has 0 aliphatic carbocycles. The Morgan fingerprint density at radius 2 is 1.62 bits per heavy atom. The lowest BCUT2D eigenvalue weighted by molar-refractivity contribution is -0.152. The second-order valence-electron chi connectivity index (χ2n) is 6.13. The van der Waals surface area contributed by atoms with Crippen LogP contribution in [0.4, 0.5) is 0 Å². The second kappa shape index (κ2) is 8.62. The van der Waals surface area contributed by atoms with Gasteiger partial charge in [0.1, 0.15) is 23.9 Å². The van der Waals surface area contributed by atoms with Gasteiger partial charge in [0.05, 0.1) is 32.3 Å². The zero-order valence-electron chi connectivity index (χ0n) is 15.7. The molecule has 0 fully saturated rings. The Morgan fingerprint density at radius 3 is 2.04 bits per heavy atom. The summed E-state index contributed by atoms with van der Waals surface area (Å²) in [5, 5.41) is 0. The van der Waals surface area contributed by atoms with Crippen molar-refractivity contribution in [1.82, 2.24) is 0 Å². The van der Waals surface area contributed by atoms with E-state index in [0.717, 1.165) is 17.6 Å². The zero-order valence-corrected chi connectivity index (χ0v) is 15.7. The van der Waals surface area contributed by atoms with Crippen molar-refractivity contribution in [1.29, 1.82) is 0 Å². The van der Waals surface area contributed by atoms with Crippen LogP contribution in [0.3, 0.4) is 0 Å². The first kappa shape index (κ1) is 19.9. The summed E-state index contributed by atoms with van der Waals surface area (Å²) in [5.74, 6) is 1.72. The molecule has 5 nitrogen and oxygen atoms in total. The first-order valence-electron chi connectivity index (χ1n) is 7.95. The van der Waals surface area contributed by atoms with Gasteiger partial charge in [-0.25, -0.2) is 0 Å². The molecule has 5 heteroatoms. The number of esters is 1. The van der Waals surface area contributed by atoms with Crippen LogP contribution in [-0.4, -0.2) is 33.9 Å². The molecule has 0 radical (unpaired) electrons. The maximum Gasteiger partial charge on any atom is 0.311 e. The van der Waals surface area contributed by atoms with Crippen molar-refractivity contribution in [2.75, 3.05) is 27.9 Å². The SMILES string of the molecule is CCC(C)(C)C(=O)OC/C=C(\C)c1c(OC)cc(OC)cc1OC. The summed E-state index contributed by atoms with van der Waals surface area (Å²) >= 11 is 0. The monoisotopic (exact) mass is 336 g/mol. The first-order chi connectivity index (χ1) is 11.3. The number of rotatable bonds is 8. The topological polar surface area (TPSA) is 54.0 Å². The van der Waals surface area contributed by atoms with Crippen molar-refractivity contribution < 1.29 is 23.7 Å². The molecule has 0 aliphatic rings. The number of methoxy groups -OCH3 is 3. The van der Waals surface area contributed by atoms with Crippen molar-refractivity contribution in [3.05, 3.63) is 23.8 Å². The molecule has 0 unspecified atom stereocenters. The molecule has 0 atom stereocenters. The molecule has 0 spiro atoms. The van der Waals surface area contributed by atoms with Crippen LogP contribution in [0.15, 0.2) is 18.2 Å². The lowest BCUT2D eigenvalue weighted by atomic mass is 9.91. The minimum Gasteiger partial charge on any atom is -0.496 e. The third-order valence-electron chi connectivity index (χ3n) is 4.15. The van der Waals surface area contributed by atoms with Crippen LogP contribution in [-0.2, 0) is 9.53 Å². The molecule has 1 aromatic rings. The number of carbonyl (C=O) groups is 1. The van der Waals surface area contributed by atoms with E-state index in [1.807, 2.05) is 33.8 Å². The molecule has 1 aromatic carbocycles. The highest BCUT2D eigenvalue weighted by Gasteiger charge is 2.26. The number of hydrogen-bond acceptors (Lipinski definition) is 5. The number of allylic oxidation sites excluding steroid dienone is 1. The fourth-order valence-electron chi connectivity index (χ4n) is 2.08. The van der Waals surface area contributed by atoms with E-state index in [1.165, 1.54) is 0 Å². The summed E-state index contributed by atoms with van der Waals surface area (Å²) in [4.78, 5) is 12.0. The largest absolute Gasteiger partial charge is 0.496 e. The van der Waals surface area contributed by atoms with Gasteiger partial charge in [-0.3, -0.25) is 4.79 Å². The molecule has 0 N–H and O–H groups in total. The van der Waals surface area contributed by atoms with Gasteiger partial charge in [0.25, 0.3) is 0 Å². The van der Waals surface area contributed by atoms with E-state index in [1.54, 1.807) is 33.5 Å². The Balaban J connectivity index is 3.02. The van der Waals surface area contributed by atoms with E-state index < -0.39 is 5.41 Å². The molecule has 24 heavy (non-hydrogen) atoms. The summed E-state index contributed by atoms with van der Waals surface area (Å²) in [6, 6.07) is 3.59. The lowest BCUT2D eigenvalue weighted by Crippen LogP contribution is -2.25. The lowest BCUT2D eigenvalue weighted by Gasteiger charge is -2.20. The van der Waals surface area contributed by atoms with E-state index in [-0.39, 0.29) is 12.6 Å². The third kappa shape index (κ3) is 4.66. The van der Waals surface area contributed by atoms with Crippen LogP contribution in [0, 0.1) is 5.41 Å². The van der Waals surface area contributed by atoms with Crippen molar-refractivity contribution in [3.63, 3.8) is 0 Å². The van der Waals surface area contributed by atoms with Crippen LogP contribution in [0.1, 0.15) is 39.7 Å². The highest BCUT2D eigenvalue weighted by atomic mass is 16.5. The molecular formula is C19H28O5. The summed E-state index contributed by atoms with van der Waals surface area (Å²) < 4.78 is 21.5. The Hall–Kier alpha value is -2.17. The van der Waals surface area contributed by atoms with Crippen molar-refractivity contribution in [2.45, 2.75) is 34.1 Å². The van der Waals surface area contributed by atoms with Crippen LogP contribution < -0.4 is 14.2 Å². The fourth-order valence-corrected chi connectivity index (χ4v) is 2.08. The van der Waals surface area contributed by atoms with Gasteiger partial charge in [-0.15, -0.1) is 0 Å². The summed E-state index contributed by atoms with van der Waals surface area (Å²) in [6.45, 7) is 7.84. The molecule has 0 bridgehead atoms. The highest BCUT2D eigenvalue weighted by molar-refractivity contribution is 5.77. The van der Waals surface area contributed by atoms with Gasteiger partial charge >= 0.3 is 5.97 Å². The van der Waals surface area contributed by atoms with E-state index in [9.17, 15) is 4.79 Å². The molecule has 1 rings (SSSR count). The van der Waals surface area contributed by atoms with E-state index in [0.29, 0.717) is 17.2 Å². The number of carbonyl (C=O) groups excluding carboxylic acids is 1. The van der Waals surface area contributed by atoms with E-state index in [2.05, 4.69) is 0 Å².